The Morgan fingerprint density at radius 3 is 2.35 bits per heavy atom. The van der Waals surface area contributed by atoms with Gasteiger partial charge in [0.1, 0.15) is 5.69 Å². The molecule has 9 heteroatoms. The highest BCUT2D eigenvalue weighted by Crippen LogP contribution is 2.31. The van der Waals surface area contributed by atoms with Crippen LogP contribution in [-0.4, -0.2) is 11.3 Å². The number of alkyl halides is 5. The van der Waals surface area contributed by atoms with Crippen LogP contribution in [0.15, 0.2) is 6.07 Å². The van der Waals surface area contributed by atoms with Crippen LogP contribution in [0, 0.1) is 0 Å². The fourth-order valence-corrected chi connectivity index (χ4v) is 1.10. The molecule has 4 nitrogen and oxygen atoms in total. The van der Waals surface area contributed by atoms with Crippen LogP contribution in [0.3, 0.4) is 0 Å². The third kappa shape index (κ3) is 3.41. The van der Waals surface area contributed by atoms with Gasteiger partial charge < -0.3 is 16.2 Å². The lowest BCUT2D eigenvalue weighted by molar-refractivity contribution is -0.276. The molecule has 0 saturated heterocycles. The number of halogens is 5. The van der Waals surface area contributed by atoms with Crippen LogP contribution in [0.25, 0.3) is 0 Å². The monoisotopic (exact) mass is 257 g/mol. The van der Waals surface area contributed by atoms with Crippen molar-refractivity contribution in [3.63, 3.8) is 0 Å². The molecule has 0 aromatic carbocycles. The van der Waals surface area contributed by atoms with Crippen LogP contribution >= 0.6 is 0 Å². The summed E-state index contributed by atoms with van der Waals surface area (Å²) in [6, 6.07) is 0.760. The van der Waals surface area contributed by atoms with E-state index in [0.717, 1.165) is 6.07 Å². The highest BCUT2D eigenvalue weighted by molar-refractivity contribution is 5.52. The van der Waals surface area contributed by atoms with Crippen LogP contribution in [-0.2, 0) is 6.54 Å². The minimum Gasteiger partial charge on any atom is -0.398 e. The zero-order chi connectivity index (χ0) is 13.2. The van der Waals surface area contributed by atoms with E-state index < -0.39 is 30.9 Å². The van der Waals surface area contributed by atoms with E-state index in [2.05, 4.69) is 9.72 Å². The normalized spacial score (nSPS) is 11.9. The number of rotatable bonds is 3. The summed E-state index contributed by atoms with van der Waals surface area (Å²) in [5.41, 5.74) is 8.93. The van der Waals surface area contributed by atoms with E-state index in [1.165, 1.54) is 0 Å². The van der Waals surface area contributed by atoms with Gasteiger partial charge in [-0.15, -0.1) is 13.2 Å². The van der Waals surface area contributed by atoms with Crippen molar-refractivity contribution in [1.82, 2.24) is 4.98 Å². The van der Waals surface area contributed by atoms with Gasteiger partial charge in [-0.1, -0.05) is 0 Å². The summed E-state index contributed by atoms with van der Waals surface area (Å²) in [5, 5.41) is 0. The Labute approximate surface area is 92.4 Å². The number of ether oxygens (including phenoxy) is 1. The van der Waals surface area contributed by atoms with Gasteiger partial charge >= 0.3 is 6.36 Å². The Balaban J connectivity index is 3.24. The van der Waals surface area contributed by atoms with Crippen molar-refractivity contribution in [2.45, 2.75) is 19.3 Å². The van der Waals surface area contributed by atoms with E-state index in [1.54, 1.807) is 0 Å². The van der Waals surface area contributed by atoms with Crippen molar-refractivity contribution in [2.24, 2.45) is 5.73 Å². The maximum atomic E-state index is 12.3. The summed E-state index contributed by atoms with van der Waals surface area (Å²) in [4.78, 5) is 3.04. The molecule has 0 atom stereocenters. The average Bonchev–Trinajstić information content (AvgIpc) is 2.14. The van der Waals surface area contributed by atoms with E-state index in [1.807, 2.05) is 0 Å². The fourth-order valence-electron chi connectivity index (χ4n) is 1.10. The second kappa shape index (κ2) is 4.70. The molecule has 0 unspecified atom stereocenters. The van der Waals surface area contributed by atoms with Gasteiger partial charge in [0.15, 0.2) is 0 Å². The maximum absolute atomic E-state index is 12.3. The van der Waals surface area contributed by atoms with Gasteiger partial charge in [-0.05, 0) is 6.07 Å². The number of nitrogens with zero attached hydrogens (tertiary/aromatic N) is 1. The van der Waals surface area contributed by atoms with Gasteiger partial charge in [0, 0.05) is 12.2 Å². The first-order valence-corrected chi connectivity index (χ1v) is 4.28. The molecule has 17 heavy (non-hydrogen) atoms. The highest BCUT2D eigenvalue weighted by Gasteiger charge is 2.33. The molecule has 0 aliphatic carbocycles. The van der Waals surface area contributed by atoms with Crippen molar-refractivity contribution in [1.29, 1.82) is 0 Å². The van der Waals surface area contributed by atoms with Gasteiger partial charge in [0.05, 0.1) is 5.56 Å². The van der Waals surface area contributed by atoms with Crippen molar-refractivity contribution in [2.75, 3.05) is 5.73 Å². The number of hydrogen-bond donors (Lipinski definition) is 2. The van der Waals surface area contributed by atoms with E-state index in [0.29, 0.717) is 0 Å². The largest absolute Gasteiger partial charge is 0.574 e. The molecule has 4 N–H and O–H groups in total. The number of hydrogen-bond acceptors (Lipinski definition) is 4. The Hall–Kier alpha value is -1.64. The van der Waals surface area contributed by atoms with E-state index in [9.17, 15) is 22.0 Å². The molecule has 96 valence electrons. The minimum atomic E-state index is -5.05. The number of aromatic nitrogens is 1. The molecule has 0 aliphatic heterocycles. The second-order valence-electron chi connectivity index (χ2n) is 2.97. The molecular weight excluding hydrogens is 249 g/mol. The zero-order valence-corrected chi connectivity index (χ0v) is 8.26. The molecule has 0 aliphatic rings. The second-order valence-corrected chi connectivity index (χ2v) is 2.97. The van der Waals surface area contributed by atoms with Gasteiger partial charge in [0.2, 0.25) is 5.88 Å². The third-order valence-corrected chi connectivity index (χ3v) is 1.78. The molecule has 0 fully saturated rings. The predicted molar refractivity (Wildman–Crippen MR) is 48.2 cm³/mol. The average molecular weight is 257 g/mol. The topological polar surface area (TPSA) is 74.2 Å². The first-order valence-electron chi connectivity index (χ1n) is 4.28. The van der Waals surface area contributed by atoms with Crippen LogP contribution in [0.4, 0.5) is 27.6 Å². The third-order valence-electron chi connectivity index (χ3n) is 1.78. The molecule has 0 saturated carbocycles. The van der Waals surface area contributed by atoms with E-state index in [-0.39, 0.29) is 11.3 Å². The standard InChI is InChI=1S/C8H8F5N3O/c9-6(10)5-1-4(15)3(2-14)7(16-5)17-8(11,12)13/h1,6H,2,14H2,(H2,15,16). The van der Waals surface area contributed by atoms with Gasteiger partial charge in [-0.3, -0.25) is 0 Å². The van der Waals surface area contributed by atoms with Crippen molar-refractivity contribution < 1.29 is 26.7 Å². The lowest BCUT2D eigenvalue weighted by Gasteiger charge is -2.14. The van der Waals surface area contributed by atoms with Crippen LogP contribution in [0.2, 0.25) is 0 Å². The van der Waals surface area contributed by atoms with Gasteiger partial charge in [-0.2, -0.15) is 0 Å². The summed E-state index contributed by atoms with van der Waals surface area (Å²) in [6.45, 7) is -0.409. The van der Waals surface area contributed by atoms with Gasteiger partial charge in [-0.25, -0.2) is 13.8 Å². The molecule has 0 amide bonds. The molecule has 1 aromatic heterocycles. The SMILES string of the molecule is NCc1c(N)cc(C(F)F)nc1OC(F)(F)F. The Bertz CT molecular complexity index is 407. The van der Waals surface area contributed by atoms with Crippen LogP contribution < -0.4 is 16.2 Å². The molecular formula is C8H8F5N3O. The number of anilines is 1. The first-order chi connectivity index (χ1) is 7.74. The molecule has 0 spiro atoms. The summed E-state index contributed by atoms with van der Waals surface area (Å²) >= 11 is 0. The van der Waals surface area contributed by atoms with Crippen molar-refractivity contribution in [3.8, 4) is 5.88 Å². The number of pyridine rings is 1. The van der Waals surface area contributed by atoms with Crippen LogP contribution in [0.5, 0.6) is 5.88 Å². The number of nitrogens with two attached hydrogens (primary N) is 2. The minimum absolute atomic E-state index is 0.272. The van der Waals surface area contributed by atoms with Crippen molar-refractivity contribution >= 4 is 5.69 Å². The fraction of sp³-hybridized carbons (Fsp3) is 0.375. The molecule has 1 aromatic rings. The van der Waals surface area contributed by atoms with Crippen LogP contribution in [0.1, 0.15) is 17.7 Å². The smallest absolute Gasteiger partial charge is 0.398 e. The quantitative estimate of drug-likeness (QED) is 0.812. The molecule has 1 heterocycles. The summed E-state index contributed by atoms with van der Waals surface area (Å²) < 4.78 is 64.1. The molecule has 1 rings (SSSR count). The Morgan fingerprint density at radius 1 is 1.35 bits per heavy atom. The van der Waals surface area contributed by atoms with Gasteiger partial charge in [0.25, 0.3) is 6.43 Å². The van der Waals surface area contributed by atoms with E-state index in [4.69, 9.17) is 11.5 Å². The lowest BCUT2D eigenvalue weighted by atomic mass is 10.2. The summed E-state index contributed by atoms with van der Waals surface area (Å²) in [5.74, 6) is -1.05. The molecule has 0 radical (unpaired) electrons. The summed E-state index contributed by atoms with van der Waals surface area (Å²) in [6.07, 6.45) is -8.11. The maximum Gasteiger partial charge on any atom is 0.574 e. The lowest BCUT2D eigenvalue weighted by Crippen LogP contribution is -2.21. The van der Waals surface area contributed by atoms with E-state index >= 15 is 0 Å². The summed E-state index contributed by atoms with van der Waals surface area (Å²) in [7, 11) is 0. The Morgan fingerprint density at radius 2 is 1.94 bits per heavy atom. The predicted octanol–water partition coefficient (Wildman–Crippen LogP) is 1.96. The molecule has 0 bridgehead atoms. The highest BCUT2D eigenvalue weighted by atomic mass is 19.4. The van der Waals surface area contributed by atoms with Crippen molar-refractivity contribution in [3.05, 3.63) is 17.3 Å². The first kappa shape index (κ1) is 13.4. The Kier molecular flexibility index (Phi) is 3.71. The zero-order valence-electron chi connectivity index (χ0n) is 8.26. The number of nitrogen functional groups attached to an aromatic ring is 1.